The fourth-order valence-corrected chi connectivity index (χ4v) is 4.27. The third-order valence-corrected chi connectivity index (χ3v) is 6.07. The van der Waals surface area contributed by atoms with Crippen LogP contribution in [0.1, 0.15) is 11.1 Å². The summed E-state index contributed by atoms with van der Waals surface area (Å²) in [5, 5.41) is 1.27. The van der Waals surface area contributed by atoms with Crippen molar-refractivity contribution < 1.29 is 0 Å². The van der Waals surface area contributed by atoms with Crippen molar-refractivity contribution in [2.75, 3.05) is 0 Å². The van der Waals surface area contributed by atoms with Crippen LogP contribution in [0.4, 0.5) is 0 Å². The molecule has 0 aliphatic rings. The summed E-state index contributed by atoms with van der Waals surface area (Å²) in [5.74, 6) is 0.912. The Morgan fingerprint density at radius 1 is 1.00 bits per heavy atom. The topological polar surface area (TPSA) is 38.9 Å². The molecule has 0 saturated carbocycles. The van der Waals surface area contributed by atoms with Crippen molar-refractivity contribution in [1.29, 1.82) is 0 Å². The molecule has 2 aromatic carbocycles. The van der Waals surface area contributed by atoms with Gasteiger partial charge in [-0.2, -0.15) is 4.37 Å². The van der Waals surface area contributed by atoms with Crippen LogP contribution in [0, 0.1) is 0 Å². The number of hydrogen-bond donors (Lipinski definition) is 1. The van der Waals surface area contributed by atoms with Gasteiger partial charge in [0.1, 0.15) is 5.15 Å². The lowest BCUT2D eigenvalue weighted by Gasteiger charge is -2.05. The van der Waals surface area contributed by atoms with E-state index in [4.69, 9.17) is 28.9 Å². The van der Waals surface area contributed by atoms with Gasteiger partial charge in [-0.1, -0.05) is 47.5 Å². The van der Waals surface area contributed by atoms with Crippen LogP contribution >= 0.6 is 46.5 Å². The van der Waals surface area contributed by atoms with Gasteiger partial charge < -0.3 is 5.73 Å². The van der Waals surface area contributed by atoms with Gasteiger partial charge in [0, 0.05) is 27.8 Å². The van der Waals surface area contributed by atoms with Crippen molar-refractivity contribution in [2.45, 2.75) is 17.2 Å². The first kappa shape index (κ1) is 16.8. The molecule has 23 heavy (non-hydrogen) atoms. The van der Waals surface area contributed by atoms with Gasteiger partial charge in [-0.15, -0.1) is 11.8 Å². The molecule has 0 radical (unpaired) electrons. The highest BCUT2D eigenvalue weighted by atomic mass is 35.5. The van der Waals surface area contributed by atoms with Crippen molar-refractivity contribution in [1.82, 2.24) is 4.37 Å². The highest BCUT2D eigenvalue weighted by Gasteiger charge is 2.12. The number of benzene rings is 2. The largest absolute Gasteiger partial charge is 0.326 e. The standard InChI is InChI=1S/C17H14Cl2N2S2/c18-13-5-7-14(8-6-13)22-10-11-1-3-12(4-2-11)16-15(9-20)17(19)21-23-16/h1-8H,9-10,20H2. The Hall–Kier alpha value is -1.04. The predicted molar refractivity (Wildman–Crippen MR) is 101 cm³/mol. The first-order valence-corrected chi connectivity index (χ1v) is 9.50. The van der Waals surface area contributed by atoms with Crippen LogP contribution < -0.4 is 5.73 Å². The van der Waals surface area contributed by atoms with E-state index >= 15 is 0 Å². The zero-order chi connectivity index (χ0) is 16.2. The van der Waals surface area contributed by atoms with E-state index in [1.54, 1.807) is 11.8 Å². The van der Waals surface area contributed by atoms with Crippen LogP contribution in [-0.4, -0.2) is 4.37 Å². The van der Waals surface area contributed by atoms with E-state index in [9.17, 15) is 0 Å². The maximum absolute atomic E-state index is 6.06. The zero-order valence-corrected chi connectivity index (χ0v) is 15.3. The molecule has 1 aromatic heterocycles. The Labute approximate surface area is 153 Å². The lowest BCUT2D eigenvalue weighted by Crippen LogP contribution is -1.96. The smallest absolute Gasteiger partial charge is 0.147 e. The van der Waals surface area contributed by atoms with Crippen molar-refractivity contribution in [3.63, 3.8) is 0 Å². The molecule has 1 heterocycles. The molecule has 0 aliphatic carbocycles. The number of nitrogens with zero attached hydrogens (tertiary/aromatic N) is 1. The lowest BCUT2D eigenvalue weighted by molar-refractivity contribution is 1.08. The molecule has 0 atom stereocenters. The number of hydrogen-bond acceptors (Lipinski definition) is 4. The highest BCUT2D eigenvalue weighted by Crippen LogP contribution is 2.33. The van der Waals surface area contributed by atoms with Crippen LogP contribution in [0.3, 0.4) is 0 Å². The summed E-state index contributed by atoms with van der Waals surface area (Å²) < 4.78 is 4.18. The minimum atomic E-state index is 0.402. The Kier molecular flexibility index (Phi) is 5.62. The van der Waals surface area contributed by atoms with Crippen LogP contribution in [0.25, 0.3) is 10.4 Å². The molecule has 3 aromatic rings. The molecule has 2 N–H and O–H groups in total. The first-order valence-electron chi connectivity index (χ1n) is 6.99. The summed E-state index contributed by atoms with van der Waals surface area (Å²) in [7, 11) is 0. The molecular weight excluding hydrogens is 367 g/mol. The molecule has 0 fully saturated rings. The van der Waals surface area contributed by atoms with E-state index in [0.717, 1.165) is 26.8 Å². The Balaban J connectivity index is 1.70. The molecule has 0 saturated heterocycles. The van der Waals surface area contributed by atoms with E-state index in [0.29, 0.717) is 11.7 Å². The highest BCUT2D eigenvalue weighted by molar-refractivity contribution is 7.98. The van der Waals surface area contributed by atoms with Gasteiger partial charge in [0.15, 0.2) is 0 Å². The summed E-state index contributed by atoms with van der Waals surface area (Å²) >= 11 is 15.1. The van der Waals surface area contributed by atoms with Gasteiger partial charge in [0.2, 0.25) is 0 Å². The number of halogens is 2. The molecule has 118 valence electrons. The zero-order valence-electron chi connectivity index (χ0n) is 12.1. The maximum atomic E-state index is 6.06. The van der Waals surface area contributed by atoms with E-state index in [1.807, 2.05) is 24.3 Å². The Morgan fingerprint density at radius 3 is 2.35 bits per heavy atom. The number of thioether (sulfide) groups is 1. The minimum absolute atomic E-state index is 0.402. The number of aromatic nitrogens is 1. The summed E-state index contributed by atoms with van der Waals surface area (Å²) in [6.45, 7) is 0.402. The molecule has 3 rings (SSSR count). The monoisotopic (exact) mass is 380 g/mol. The second-order valence-electron chi connectivity index (χ2n) is 4.92. The fraction of sp³-hybridized carbons (Fsp3) is 0.118. The normalized spacial score (nSPS) is 10.9. The lowest BCUT2D eigenvalue weighted by atomic mass is 10.1. The minimum Gasteiger partial charge on any atom is -0.326 e. The predicted octanol–water partition coefficient (Wildman–Crippen LogP) is 5.87. The van der Waals surface area contributed by atoms with Gasteiger partial charge in [0.05, 0.1) is 4.88 Å². The van der Waals surface area contributed by atoms with Gasteiger partial charge in [-0.05, 0) is 46.9 Å². The van der Waals surface area contributed by atoms with Crippen molar-refractivity contribution >= 4 is 46.5 Å². The van der Waals surface area contributed by atoms with Crippen molar-refractivity contribution in [3.8, 4) is 10.4 Å². The van der Waals surface area contributed by atoms with Gasteiger partial charge in [0.25, 0.3) is 0 Å². The van der Waals surface area contributed by atoms with Crippen LogP contribution in [0.5, 0.6) is 0 Å². The quantitative estimate of drug-likeness (QED) is 0.562. The molecule has 0 aliphatic heterocycles. The van der Waals surface area contributed by atoms with E-state index in [-0.39, 0.29) is 0 Å². The van der Waals surface area contributed by atoms with E-state index in [1.165, 1.54) is 22.0 Å². The molecule has 2 nitrogen and oxygen atoms in total. The third kappa shape index (κ3) is 4.08. The van der Waals surface area contributed by atoms with E-state index in [2.05, 4.69) is 28.6 Å². The molecule has 0 amide bonds. The van der Waals surface area contributed by atoms with Gasteiger partial charge >= 0.3 is 0 Å². The SMILES string of the molecule is NCc1c(Cl)nsc1-c1ccc(CSc2ccc(Cl)cc2)cc1. The van der Waals surface area contributed by atoms with Gasteiger partial charge in [-0.3, -0.25) is 0 Å². The van der Waals surface area contributed by atoms with Crippen LogP contribution in [0.2, 0.25) is 10.2 Å². The molecule has 0 bridgehead atoms. The molecule has 0 spiro atoms. The molecular formula is C17H14Cl2N2S2. The molecule has 6 heteroatoms. The third-order valence-electron chi connectivity index (χ3n) is 3.38. The average molecular weight is 381 g/mol. The summed E-state index contributed by atoms with van der Waals surface area (Å²) in [4.78, 5) is 2.26. The van der Waals surface area contributed by atoms with Crippen LogP contribution in [0.15, 0.2) is 53.4 Å². The molecule has 0 unspecified atom stereocenters. The number of rotatable bonds is 5. The van der Waals surface area contributed by atoms with Crippen molar-refractivity contribution in [3.05, 3.63) is 69.8 Å². The number of nitrogens with two attached hydrogens (primary N) is 1. The summed E-state index contributed by atoms with van der Waals surface area (Å²) in [5.41, 5.74) is 9.04. The average Bonchev–Trinajstić information content (AvgIpc) is 2.95. The maximum Gasteiger partial charge on any atom is 0.147 e. The van der Waals surface area contributed by atoms with Gasteiger partial charge in [-0.25, -0.2) is 0 Å². The second-order valence-corrected chi connectivity index (χ2v) is 7.54. The Morgan fingerprint density at radius 2 is 1.70 bits per heavy atom. The summed E-state index contributed by atoms with van der Waals surface area (Å²) in [6, 6.07) is 16.4. The van der Waals surface area contributed by atoms with Crippen molar-refractivity contribution in [2.24, 2.45) is 5.73 Å². The summed E-state index contributed by atoms with van der Waals surface area (Å²) in [6.07, 6.45) is 0. The van der Waals surface area contributed by atoms with Crippen LogP contribution in [-0.2, 0) is 12.3 Å². The van der Waals surface area contributed by atoms with E-state index < -0.39 is 0 Å². The second kappa shape index (κ2) is 7.69. The first-order chi connectivity index (χ1) is 11.2. The Bertz CT molecular complexity index is 783. The fourth-order valence-electron chi connectivity index (χ4n) is 2.14.